The van der Waals surface area contributed by atoms with E-state index in [0.29, 0.717) is 6.61 Å². The van der Waals surface area contributed by atoms with Crippen molar-refractivity contribution in [2.75, 3.05) is 7.05 Å². The van der Waals surface area contributed by atoms with Gasteiger partial charge in [0.25, 0.3) is 0 Å². The van der Waals surface area contributed by atoms with Gasteiger partial charge in [-0.3, -0.25) is 0 Å². The molecular weight excluding hydrogens is 320 g/mol. The maximum atomic E-state index is 5.94. The van der Waals surface area contributed by atoms with Crippen LogP contribution in [0.25, 0.3) is 0 Å². The predicted molar refractivity (Wildman–Crippen MR) is 81.6 cm³/mol. The summed E-state index contributed by atoms with van der Waals surface area (Å²) in [5, 5.41) is 7.34. The minimum atomic E-state index is 0.416. The number of nitrogens with zero attached hydrogens (tertiary/aromatic N) is 3. The molecule has 0 bridgehead atoms. The van der Waals surface area contributed by atoms with Gasteiger partial charge in [-0.15, -0.1) is 0 Å². The number of ether oxygens (including phenoxy) is 1. The molecule has 1 N–H and O–H groups in total. The zero-order valence-corrected chi connectivity index (χ0v) is 13.4. The summed E-state index contributed by atoms with van der Waals surface area (Å²) in [4.78, 5) is 4.25. The van der Waals surface area contributed by atoms with Gasteiger partial charge in [-0.2, -0.15) is 5.10 Å². The van der Waals surface area contributed by atoms with Crippen LogP contribution in [-0.2, 0) is 19.7 Å². The van der Waals surface area contributed by atoms with Crippen molar-refractivity contribution < 1.29 is 4.74 Å². The third kappa shape index (κ3) is 3.58. The Bertz CT molecular complexity index is 556. The zero-order chi connectivity index (χ0) is 14.4. The molecule has 0 atom stereocenters. The monoisotopic (exact) mass is 338 g/mol. The summed E-state index contributed by atoms with van der Waals surface area (Å²) in [5.41, 5.74) is 1.11. The first kappa shape index (κ1) is 15.0. The van der Waals surface area contributed by atoms with E-state index < -0.39 is 0 Å². The fourth-order valence-corrected chi connectivity index (χ4v) is 2.50. The molecule has 0 fully saturated rings. The van der Waals surface area contributed by atoms with Crippen LogP contribution >= 0.6 is 15.9 Å². The van der Waals surface area contributed by atoms with Gasteiger partial charge in [-0.1, -0.05) is 19.1 Å². The molecule has 2 rings (SSSR count). The molecule has 20 heavy (non-hydrogen) atoms. The molecule has 0 aliphatic rings. The van der Waals surface area contributed by atoms with Crippen LogP contribution in [0.2, 0.25) is 0 Å². The van der Waals surface area contributed by atoms with Crippen molar-refractivity contribution in [1.82, 2.24) is 20.1 Å². The zero-order valence-electron chi connectivity index (χ0n) is 11.8. The van der Waals surface area contributed by atoms with Gasteiger partial charge >= 0.3 is 0 Å². The second kappa shape index (κ2) is 7.40. The number of benzene rings is 1. The number of para-hydroxylation sites is 1. The smallest absolute Gasteiger partial charge is 0.164 e. The van der Waals surface area contributed by atoms with Crippen LogP contribution in [0.5, 0.6) is 5.75 Å². The Labute approximate surface area is 127 Å². The standard InChI is InChI=1S/C14H19BrN4O/c1-3-7-19-13(17-10-18-19)9-20-14-11(8-16-2)5-4-6-12(14)15/h4-6,10,16H,3,7-9H2,1-2H3. The van der Waals surface area contributed by atoms with Crippen molar-refractivity contribution in [1.29, 1.82) is 0 Å². The van der Waals surface area contributed by atoms with Crippen molar-refractivity contribution in [3.05, 3.63) is 40.4 Å². The lowest BCUT2D eigenvalue weighted by Crippen LogP contribution is -2.11. The minimum absolute atomic E-state index is 0.416. The normalized spacial score (nSPS) is 10.8. The first-order valence-corrected chi connectivity index (χ1v) is 7.47. The van der Waals surface area contributed by atoms with Crippen LogP contribution in [0.3, 0.4) is 0 Å². The average Bonchev–Trinajstić information content (AvgIpc) is 2.86. The molecule has 0 amide bonds. The average molecular weight is 339 g/mol. The van der Waals surface area contributed by atoms with Crippen molar-refractivity contribution in [3.63, 3.8) is 0 Å². The van der Waals surface area contributed by atoms with Crippen molar-refractivity contribution in [3.8, 4) is 5.75 Å². The molecule has 0 aliphatic heterocycles. The maximum Gasteiger partial charge on any atom is 0.164 e. The number of hydrogen-bond acceptors (Lipinski definition) is 4. The Morgan fingerprint density at radius 2 is 2.25 bits per heavy atom. The third-order valence-corrected chi connectivity index (χ3v) is 3.52. The third-order valence-electron chi connectivity index (χ3n) is 2.89. The largest absolute Gasteiger partial charge is 0.484 e. The minimum Gasteiger partial charge on any atom is -0.484 e. The Hall–Kier alpha value is -1.40. The Morgan fingerprint density at radius 3 is 3.00 bits per heavy atom. The van der Waals surface area contributed by atoms with E-state index in [1.807, 2.05) is 29.9 Å². The highest BCUT2D eigenvalue weighted by molar-refractivity contribution is 9.10. The number of hydrogen-bond donors (Lipinski definition) is 1. The quantitative estimate of drug-likeness (QED) is 0.843. The van der Waals surface area contributed by atoms with Crippen LogP contribution in [0, 0.1) is 0 Å². The maximum absolute atomic E-state index is 5.94. The van der Waals surface area contributed by atoms with Gasteiger partial charge < -0.3 is 10.1 Å². The van der Waals surface area contributed by atoms with E-state index in [2.05, 4.69) is 38.3 Å². The predicted octanol–water partition coefficient (Wildman–Crippen LogP) is 2.75. The number of rotatable bonds is 7. The molecule has 108 valence electrons. The lowest BCUT2D eigenvalue weighted by atomic mass is 10.2. The lowest BCUT2D eigenvalue weighted by Gasteiger charge is -2.13. The highest BCUT2D eigenvalue weighted by Gasteiger charge is 2.10. The molecule has 1 heterocycles. The van der Waals surface area contributed by atoms with E-state index >= 15 is 0 Å². The second-order valence-corrected chi connectivity index (χ2v) is 5.30. The molecule has 0 unspecified atom stereocenters. The highest BCUT2D eigenvalue weighted by atomic mass is 79.9. The van der Waals surface area contributed by atoms with E-state index in [-0.39, 0.29) is 0 Å². The van der Waals surface area contributed by atoms with E-state index in [1.54, 1.807) is 6.33 Å². The van der Waals surface area contributed by atoms with Crippen molar-refractivity contribution in [2.24, 2.45) is 0 Å². The summed E-state index contributed by atoms with van der Waals surface area (Å²) in [6.07, 6.45) is 2.60. The summed E-state index contributed by atoms with van der Waals surface area (Å²) >= 11 is 3.54. The summed E-state index contributed by atoms with van der Waals surface area (Å²) in [5.74, 6) is 1.70. The lowest BCUT2D eigenvalue weighted by molar-refractivity contribution is 0.281. The molecule has 0 saturated heterocycles. The second-order valence-electron chi connectivity index (χ2n) is 4.45. The Kier molecular flexibility index (Phi) is 5.55. The Morgan fingerprint density at radius 1 is 1.40 bits per heavy atom. The van der Waals surface area contributed by atoms with Gasteiger partial charge in [0, 0.05) is 18.7 Å². The number of nitrogens with one attached hydrogen (secondary N) is 1. The summed E-state index contributed by atoms with van der Waals surface area (Å²) < 4.78 is 8.78. The van der Waals surface area contributed by atoms with Gasteiger partial charge in [0.05, 0.1) is 4.47 Å². The van der Waals surface area contributed by atoms with Gasteiger partial charge in [0.2, 0.25) is 0 Å². The van der Waals surface area contributed by atoms with Crippen molar-refractivity contribution in [2.45, 2.75) is 33.0 Å². The summed E-state index contributed by atoms with van der Waals surface area (Å²) in [6, 6.07) is 6.03. The van der Waals surface area contributed by atoms with E-state index in [0.717, 1.165) is 41.1 Å². The van der Waals surface area contributed by atoms with Gasteiger partial charge in [0.15, 0.2) is 5.82 Å². The fraction of sp³-hybridized carbons (Fsp3) is 0.429. The van der Waals surface area contributed by atoms with Crippen LogP contribution < -0.4 is 10.1 Å². The summed E-state index contributed by atoms with van der Waals surface area (Å²) in [6.45, 7) is 4.15. The number of halogens is 1. The molecule has 2 aromatic rings. The molecule has 1 aromatic carbocycles. The molecule has 5 nitrogen and oxygen atoms in total. The van der Waals surface area contributed by atoms with Gasteiger partial charge in [-0.25, -0.2) is 9.67 Å². The fourth-order valence-electron chi connectivity index (χ4n) is 1.98. The van der Waals surface area contributed by atoms with Crippen LogP contribution in [-0.4, -0.2) is 21.8 Å². The molecule has 6 heteroatoms. The first-order chi connectivity index (χ1) is 9.76. The van der Waals surface area contributed by atoms with Crippen LogP contribution in [0.1, 0.15) is 24.7 Å². The van der Waals surface area contributed by atoms with E-state index in [4.69, 9.17) is 4.74 Å². The molecular formula is C14H19BrN4O. The van der Waals surface area contributed by atoms with Crippen molar-refractivity contribution >= 4 is 15.9 Å². The van der Waals surface area contributed by atoms with E-state index in [9.17, 15) is 0 Å². The van der Waals surface area contributed by atoms with Gasteiger partial charge in [-0.05, 0) is 35.5 Å². The number of aryl methyl sites for hydroxylation is 1. The number of aromatic nitrogens is 3. The Balaban J connectivity index is 2.12. The highest BCUT2D eigenvalue weighted by Crippen LogP contribution is 2.29. The molecule has 0 spiro atoms. The summed E-state index contributed by atoms with van der Waals surface area (Å²) in [7, 11) is 1.92. The van der Waals surface area contributed by atoms with Crippen LogP contribution in [0.4, 0.5) is 0 Å². The van der Waals surface area contributed by atoms with E-state index in [1.165, 1.54) is 0 Å². The molecule has 1 aromatic heterocycles. The first-order valence-electron chi connectivity index (χ1n) is 6.67. The molecule has 0 saturated carbocycles. The molecule has 0 aliphatic carbocycles. The SMILES string of the molecule is CCCn1ncnc1COc1c(Br)cccc1CNC. The topological polar surface area (TPSA) is 52.0 Å². The van der Waals surface area contributed by atoms with Crippen LogP contribution in [0.15, 0.2) is 29.0 Å². The molecule has 0 radical (unpaired) electrons. The van der Waals surface area contributed by atoms with Gasteiger partial charge in [0.1, 0.15) is 18.7 Å².